The van der Waals surface area contributed by atoms with E-state index < -0.39 is 47.6 Å². The van der Waals surface area contributed by atoms with Gasteiger partial charge in [-0.2, -0.15) is 5.26 Å². The third kappa shape index (κ3) is 8.13. The minimum absolute atomic E-state index is 0.00440. The highest BCUT2D eigenvalue weighted by atomic mass is 28.1. The molecule has 13 nitrogen and oxygen atoms in total. The second-order valence-electron chi connectivity index (χ2n) is 14.0. The number of hydrogen-bond donors (Lipinski definition) is 2. The van der Waals surface area contributed by atoms with Crippen LogP contribution in [0.2, 0.25) is 0 Å². The number of halogens is 2. The number of hydrogen-bond acceptors (Lipinski definition) is 9. The van der Waals surface area contributed by atoms with Crippen molar-refractivity contribution < 1.29 is 37.7 Å². The zero-order valence-electron chi connectivity index (χ0n) is 29.3. The molecule has 7 rings (SSSR count). The number of fused-ring (bicyclic) bond motifs is 1. The summed E-state index contributed by atoms with van der Waals surface area (Å²) in [5.41, 5.74) is 3.19. The van der Waals surface area contributed by atoms with E-state index >= 15 is 0 Å². The molecule has 3 radical (unpaired) electrons. The van der Waals surface area contributed by atoms with Crippen molar-refractivity contribution in [2.45, 2.75) is 68.7 Å². The highest BCUT2D eigenvalue weighted by Gasteiger charge is 2.40. The maximum absolute atomic E-state index is 14.4. The molecule has 0 aliphatic carbocycles. The second-order valence-corrected chi connectivity index (χ2v) is 14.9. The lowest BCUT2D eigenvalue weighted by Gasteiger charge is -2.39. The van der Waals surface area contributed by atoms with Crippen LogP contribution in [-0.4, -0.2) is 108 Å². The van der Waals surface area contributed by atoms with Crippen LogP contribution in [0.3, 0.4) is 0 Å². The second kappa shape index (κ2) is 15.6. The van der Waals surface area contributed by atoms with Crippen LogP contribution in [0.5, 0.6) is 5.88 Å². The van der Waals surface area contributed by atoms with Gasteiger partial charge < -0.3 is 29.4 Å². The van der Waals surface area contributed by atoms with Gasteiger partial charge in [0.2, 0.25) is 11.8 Å². The van der Waals surface area contributed by atoms with Crippen LogP contribution in [0.25, 0.3) is 11.0 Å². The number of rotatable bonds is 12. The molecule has 0 saturated carbocycles. The smallest absolute Gasteiger partial charge is 0.326 e. The number of carboxylic acid groups (broad SMARTS) is 1. The van der Waals surface area contributed by atoms with Gasteiger partial charge in [0.25, 0.3) is 5.91 Å². The maximum Gasteiger partial charge on any atom is 0.326 e. The number of carbonyl (C=O) groups excluding carboxylic acids is 2. The zero-order valence-corrected chi connectivity index (χ0v) is 30.3. The summed E-state index contributed by atoms with van der Waals surface area (Å²) in [5.74, 6) is -1.56. The van der Waals surface area contributed by atoms with Crippen molar-refractivity contribution in [3.63, 3.8) is 0 Å². The van der Waals surface area contributed by atoms with Gasteiger partial charge in [-0.25, -0.2) is 23.5 Å². The number of pyridine rings is 1. The number of nitriles is 1. The Morgan fingerprint density at radius 1 is 1.13 bits per heavy atom. The Labute approximate surface area is 313 Å². The van der Waals surface area contributed by atoms with E-state index in [4.69, 9.17) is 24.7 Å². The first-order valence-corrected chi connectivity index (χ1v) is 18.3. The highest BCUT2D eigenvalue weighted by molar-refractivity contribution is 6.15. The Kier molecular flexibility index (Phi) is 10.7. The molecule has 279 valence electrons. The molecular weight excluding hydrogens is 717 g/mol. The van der Waals surface area contributed by atoms with Crippen molar-refractivity contribution in [1.82, 2.24) is 29.7 Å². The van der Waals surface area contributed by atoms with Crippen LogP contribution >= 0.6 is 0 Å². The van der Waals surface area contributed by atoms with Gasteiger partial charge in [0.1, 0.15) is 30.5 Å². The van der Waals surface area contributed by atoms with Gasteiger partial charge in [-0.05, 0) is 68.8 Å². The first-order valence-electron chi connectivity index (χ1n) is 17.8. The van der Waals surface area contributed by atoms with Gasteiger partial charge >= 0.3 is 5.97 Å². The predicted octanol–water partition coefficient (Wildman–Crippen LogP) is 3.44. The summed E-state index contributed by atoms with van der Waals surface area (Å²) in [6.45, 7) is 2.50. The molecule has 5 heterocycles. The molecule has 16 heteroatoms. The number of aliphatic carboxylic acids is 1. The molecule has 3 fully saturated rings. The normalized spacial score (nSPS) is 21.8. The van der Waals surface area contributed by atoms with E-state index in [-0.39, 0.29) is 36.6 Å². The molecule has 2 aromatic carbocycles. The standard InChI is InChI=1S/C38H38F2N7O6Si/c39-27-16-32(37(50)51)46(19-27)35(48)18-42-36(49)25-6-7-31-30(15-25)43-33(47(31)22-38(54)10-13-53-38)20-45-11-8-24(9-12-45)29-2-1-3-34(44-29)52-21-26-5-4-23(17-41)14-28(26)40/h1-7,14-15,24,27,32H,8-13,16,18-22H2,(H,42,49)(H,50,51)/t27-,32-,38+/m0/s1. The Balaban J connectivity index is 0.995. The SMILES string of the molecule is N#Cc1ccc(COc2cccc(C3CCN(Cc4nc5cc(C(=O)NCC(=O)N6C[C@@H](F)C[C@H]6C(=O)O)ccc5n4C[C@]4([Si])CCO4)CC3)n2)c(F)c1. The van der Waals surface area contributed by atoms with Gasteiger partial charge in [-0.15, -0.1) is 0 Å². The van der Waals surface area contributed by atoms with E-state index in [0.29, 0.717) is 36.7 Å². The van der Waals surface area contributed by atoms with E-state index in [1.807, 2.05) is 24.3 Å². The van der Waals surface area contributed by atoms with Crippen molar-refractivity contribution in [1.29, 1.82) is 5.26 Å². The fourth-order valence-corrected chi connectivity index (χ4v) is 7.57. The van der Waals surface area contributed by atoms with Crippen molar-refractivity contribution >= 4 is 39.1 Å². The lowest BCUT2D eigenvalue weighted by molar-refractivity contribution is -0.147. The lowest BCUT2D eigenvalue weighted by Crippen LogP contribution is -2.48. The van der Waals surface area contributed by atoms with Gasteiger partial charge in [0.15, 0.2) is 0 Å². The lowest BCUT2D eigenvalue weighted by atomic mass is 9.93. The number of imidazole rings is 1. The Morgan fingerprint density at radius 3 is 2.63 bits per heavy atom. The third-order valence-electron chi connectivity index (χ3n) is 10.3. The van der Waals surface area contributed by atoms with Crippen LogP contribution in [-0.2, 0) is 34.0 Å². The molecule has 2 aromatic heterocycles. The highest BCUT2D eigenvalue weighted by Crippen LogP contribution is 2.32. The first kappa shape index (κ1) is 37.1. The summed E-state index contributed by atoms with van der Waals surface area (Å²) < 4.78 is 42.0. The van der Waals surface area contributed by atoms with Crippen molar-refractivity contribution in [2.75, 3.05) is 32.8 Å². The van der Waals surface area contributed by atoms with E-state index in [2.05, 4.69) is 25.0 Å². The molecular formula is C38H38F2N7O6Si. The number of alkyl halides is 1. The number of nitrogens with one attached hydrogen (secondary N) is 1. The molecule has 0 unspecified atom stereocenters. The topological polar surface area (TPSA) is 163 Å². The third-order valence-corrected chi connectivity index (χ3v) is 10.9. The predicted molar refractivity (Wildman–Crippen MR) is 191 cm³/mol. The van der Waals surface area contributed by atoms with Crippen LogP contribution in [0.4, 0.5) is 8.78 Å². The van der Waals surface area contributed by atoms with Gasteiger partial charge in [-0.3, -0.25) is 14.5 Å². The number of nitrogens with zero attached hydrogens (tertiary/aromatic N) is 6. The Hall–Kier alpha value is -5.24. The number of likely N-dealkylation sites (tertiary alicyclic amines) is 2. The fourth-order valence-electron chi connectivity index (χ4n) is 7.21. The minimum atomic E-state index is -1.43. The number of piperidine rings is 1. The molecule has 4 aromatic rings. The van der Waals surface area contributed by atoms with Crippen LogP contribution in [0.15, 0.2) is 54.6 Å². The number of amides is 2. The zero-order chi connectivity index (χ0) is 38.0. The minimum Gasteiger partial charge on any atom is -0.480 e. The van der Waals surface area contributed by atoms with Crippen LogP contribution in [0.1, 0.15) is 64.6 Å². The number of carbonyl (C=O) groups is 3. The number of ether oxygens (including phenoxy) is 2. The molecule has 3 atom stereocenters. The van der Waals surface area contributed by atoms with Gasteiger partial charge in [-0.1, -0.05) is 12.1 Å². The molecule has 3 aliphatic rings. The monoisotopic (exact) mass is 754 g/mol. The number of carboxylic acids is 1. The van der Waals surface area contributed by atoms with E-state index in [9.17, 15) is 28.3 Å². The summed E-state index contributed by atoms with van der Waals surface area (Å²) in [6.07, 6.45) is 0.827. The fraction of sp³-hybridized carbons (Fsp3) is 0.421. The molecule has 0 spiro atoms. The first-order chi connectivity index (χ1) is 26.0. The summed E-state index contributed by atoms with van der Waals surface area (Å²) in [6, 6.07) is 15.7. The summed E-state index contributed by atoms with van der Waals surface area (Å²) in [4.78, 5) is 50.2. The van der Waals surface area contributed by atoms with Crippen molar-refractivity contribution in [2.24, 2.45) is 0 Å². The number of aromatic nitrogens is 3. The number of benzene rings is 2. The van der Waals surface area contributed by atoms with E-state index in [1.54, 1.807) is 30.3 Å². The van der Waals surface area contributed by atoms with Crippen LogP contribution < -0.4 is 10.1 Å². The molecule has 2 N–H and O–H groups in total. The Bertz CT molecular complexity index is 2110. The van der Waals surface area contributed by atoms with E-state index in [1.165, 1.54) is 6.07 Å². The summed E-state index contributed by atoms with van der Waals surface area (Å²) in [5, 5.41) is 20.4. The molecule has 54 heavy (non-hydrogen) atoms. The molecule has 3 aliphatic heterocycles. The van der Waals surface area contributed by atoms with Crippen LogP contribution in [0, 0.1) is 17.1 Å². The molecule has 3 saturated heterocycles. The average Bonchev–Trinajstić information content (AvgIpc) is 3.72. The Morgan fingerprint density at radius 2 is 1.93 bits per heavy atom. The van der Waals surface area contributed by atoms with Gasteiger partial charge in [0, 0.05) is 48.4 Å². The average molecular weight is 755 g/mol. The van der Waals surface area contributed by atoms with Gasteiger partial charge in [0.05, 0.1) is 57.8 Å². The maximum atomic E-state index is 14.4. The van der Waals surface area contributed by atoms with Crippen molar-refractivity contribution in [3.05, 3.63) is 88.6 Å². The largest absolute Gasteiger partial charge is 0.480 e. The van der Waals surface area contributed by atoms with Crippen molar-refractivity contribution in [3.8, 4) is 11.9 Å². The van der Waals surface area contributed by atoms with E-state index in [0.717, 1.165) is 54.3 Å². The quantitative estimate of drug-likeness (QED) is 0.205. The molecule has 0 bridgehead atoms. The molecule has 2 amide bonds. The summed E-state index contributed by atoms with van der Waals surface area (Å²) in [7, 11) is 3.79. The summed E-state index contributed by atoms with van der Waals surface area (Å²) >= 11 is 0.